The van der Waals surface area contributed by atoms with Gasteiger partial charge in [0, 0.05) is 12.2 Å². The highest BCUT2D eigenvalue weighted by molar-refractivity contribution is 5.34. The zero-order valence-electron chi connectivity index (χ0n) is 12.8. The van der Waals surface area contributed by atoms with Crippen LogP contribution in [0.5, 0.6) is 5.75 Å². The molecule has 1 N–H and O–H groups in total. The first-order valence-corrected chi connectivity index (χ1v) is 7.68. The van der Waals surface area contributed by atoms with Crippen molar-refractivity contribution < 1.29 is 4.74 Å². The lowest BCUT2D eigenvalue weighted by molar-refractivity contribution is 0.414. The summed E-state index contributed by atoms with van der Waals surface area (Å²) in [6.45, 7) is 2.86. The van der Waals surface area contributed by atoms with Crippen LogP contribution in [0.4, 0.5) is 5.95 Å². The van der Waals surface area contributed by atoms with Crippen molar-refractivity contribution in [2.75, 3.05) is 12.4 Å². The molecule has 1 aromatic carbocycles. The number of imidazole rings is 1. The monoisotopic (exact) mass is 285 g/mol. The average Bonchev–Trinajstić information content (AvgIpc) is 3.10. The molecule has 0 bridgehead atoms. The second-order valence-corrected chi connectivity index (χ2v) is 5.81. The van der Waals surface area contributed by atoms with Crippen LogP contribution in [-0.4, -0.2) is 22.7 Å². The number of ether oxygens (including phenoxy) is 1. The maximum Gasteiger partial charge on any atom is 0.203 e. The molecule has 0 radical (unpaired) electrons. The molecule has 112 valence electrons. The van der Waals surface area contributed by atoms with Crippen LogP contribution in [-0.2, 0) is 6.54 Å². The molecule has 4 heteroatoms. The molecule has 0 atom stereocenters. The Labute approximate surface area is 126 Å². The minimum Gasteiger partial charge on any atom is -0.497 e. The van der Waals surface area contributed by atoms with Gasteiger partial charge in [0.2, 0.25) is 5.95 Å². The van der Waals surface area contributed by atoms with Gasteiger partial charge in [-0.2, -0.15) is 0 Å². The van der Waals surface area contributed by atoms with E-state index in [1.165, 1.54) is 31.2 Å². The molecule has 0 saturated heterocycles. The van der Waals surface area contributed by atoms with Crippen LogP contribution in [0.15, 0.2) is 30.5 Å². The topological polar surface area (TPSA) is 39.1 Å². The Kier molecular flexibility index (Phi) is 4.13. The number of aryl methyl sites for hydroxylation is 1. The molecule has 1 saturated carbocycles. The van der Waals surface area contributed by atoms with Crippen LogP contribution in [0.3, 0.4) is 0 Å². The maximum absolute atomic E-state index is 5.30. The molecule has 1 heterocycles. The summed E-state index contributed by atoms with van der Waals surface area (Å²) in [5.41, 5.74) is 2.28. The van der Waals surface area contributed by atoms with Gasteiger partial charge in [-0.25, -0.2) is 4.98 Å². The maximum atomic E-state index is 5.30. The van der Waals surface area contributed by atoms with E-state index >= 15 is 0 Å². The summed E-state index contributed by atoms with van der Waals surface area (Å²) in [6, 6.07) is 8.78. The van der Waals surface area contributed by atoms with Gasteiger partial charge in [-0.05, 0) is 37.5 Å². The number of nitrogens with one attached hydrogen (secondary N) is 1. The summed E-state index contributed by atoms with van der Waals surface area (Å²) in [5.74, 6) is 1.89. The van der Waals surface area contributed by atoms with Crippen LogP contribution in [0.1, 0.15) is 36.9 Å². The van der Waals surface area contributed by atoms with Crippen molar-refractivity contribution in [2.24, 2.45) is 0 Å². The molecule has 0 aliphatic heterocycles. The van der Waals surface area contributed by atoms with E-state index in [4.69, 9.17) is 4.74 Å². The van der Waals surface area contributed by atoms with Gasteiger partial charge in [-0.3, -0.25) is 0 Å². The first-order chi connectivity index (χ1) is 10.2. The normalized spacial score (nSPS) is 15.3. The second-order valence-electron chi connectivity index (χ2n) is 5.81. The highest BCUT2D eigenvalue weighted by Crippen LogP contribution is 2.23. The van der Waals surface area contributed by atoms with E-state index in [1.807, 2.05) is 19.1 Å². The fourth-order valence-corrected chi connectivity index (χ4v) is 3.00. The van der Waals surface area contributed by atoms with E-state index in [9.17, 15) is 0 Å². The Morgan fingerprint density at radius 1 is 1.33 bits per heavy atom. The molecule has 0 unspecified atom stereocenters. The molecule has 0 amide bonds. The van der Waals surface area contributed by atoms with Crippen molar-refractivity contribution in [1.82, 2.24) is 9.55 Å². The van der Waals surface area contributed by atoms with Crippen LogP contribution in [0.2, 0.25) is 0 Å². The van der Waals surface area contributed by atoms with Gasteiger partial charge in [0.25, 0.3) is 0 Å². The smallest absolute Gasteiger partial charge is 0.203 e. The van der Waals surface area contributed by atoms with Gasteiger partial charge in [0.1, 0.15) is 5.75 Å². The zero-order chi connectivity index (χ0) is 14.7. The Bertz CT molecular complexity index is 600. The molecule has 1 aliphatic rings. The standard InChI is InChI=1S/C17H23N3O/c1-13-11-20(12-14-6-5-9-16(10-14)21-2)17(18-13)19-15-7-3-4-8-15/h5-6,9-11,15H,3-4,7-8,12H2,1-2H3,(H,18,19). The van der Waals surface area contributed by atoms with E-state index in [2.05, 4.69) is 33.2 Å². The van der Waals surface area contributed by atoms with E-state index < -0.39 is 0 Å². The Morgan fingerprint density at radius 3 is 2.90 bits per heavy atom. The molecular formula is C17H23N3O. The van der Waals surface area contributed by atoms with Gasteiger partial charge in [-0.15, -0.1) is 0 Å². The van der Waals surface area contributed by atoms with Crippen molar-refractivity contribution in [3.8, 4) is 5.75 Å². The highest BCUT2D eigenvalue weighted by Gasteiger charge is 2.17. The third-order valence-electron chi connectivity index (χ3n) is 4.07. The molecule has 1 aromatic heterocycles. The fourth-order valence-electron chi connectivity index (χ4n) is 3.00. The second kappa shape index (κ2) is 6.20. The number of aromatic nitrogens is 2. The first-order valence-electron chi connectivity index (χ1n) is 7.68. The van der Waals surface area contributed by atoms with Gasteiger partial charge in [0.15, 0.2) is 0 Å². The molecule has 0 spiro atoms. The number of hydrogen-bond acceptors (Lipinski definition) is 3. The molecule has 2 aromatic rings. The minimum absolute atomic E-state index is 0.579. The van der Waals surface area contributed by atoms with Crippen LogP contribution in [0, 0.1) is 6.92 Å². The SMILES string of the molecule is COc1cccc(Cn2cc(C)nc2NC2CCCC2)c1. The van der Waals surface area contributed by atoms with Gasteiger partial charge in [-0.1, -0.05) is 25.0 Å². The van der Waals surface area contributed by atoms with E-state index in [0.29, 0.717) is 6.04 Å². The molecule has 1 fully saturated rings. The third-order valence-corrected chi connectivity index (χ3v) is 4.07. The summed E-state index contributed by atoms with van der Waals surface area (Å²) in [6.07, 6.45) is 7.27. The third kappa shape index (κ3) is 3.38. The van der Waals surface area contributed by atoms with E-state index in [1.54, 1.807) is 7.11 Å². The predicted octanol–water partition coefficient (Wildman–Crippen LogP) is 3.60. The number of rotatable bonds is 5. The zero-order valence-corrected chi connectivity index (χ0v) is 12.8. The largest absolute Gasteiger partial charge is 0.497 e. The van der Waals surface area contributed by atoms with Crippen LogP contribution in [0.25, 0.3) is 0 Å². The molecule has 21 heavy (non-hydrogen) atoms. The summed E-state index contributed by atoms with van der Waals surface area (Å²) < 4.78 is 7.49. The Balaban J connectivity index is 1.77. The first kappa shape index (κ1) is 14.0. The molecular weight excluding hydrogens is 262 g/mol. The van der Waals surface area contributed by atoms with Gasteiger partial charge in [0.05, 0.1) is 19.3 Å². The number of methoxy groups -OCH3 is 1. The van der Waals surface area contributed by atoms with Crippen molar-refractivity contribution in [1.29, 1.82) is 0 Å². The number of nitrogens with zero attached hydrogens (tertiary/aromatic N) is 2. The van der Waals surface area contributed by atoms with E-state index in [-0.39, 0.29) is 0 Å². The van der Waals surface area contributed by atoms with E-state index in [0.717, 1.165) is 23.9 Å². The summed E-state index contributed by atoms with van der Waals surface area (Å²) in [7, 11) is 1.70. The quantitative estimate of drug-likeness (QED) is 0.912. The lowest BCUT2D eigenvalue weighted by Gasteiger charge is -2.15. The number of benzene rings is 1. The summed E-state index contributed by atoms with van der Waals surface area (Å²) in [5, 5.41) is 3.60. The fraction of sp³-hybridized carbons (Fsp3) is 0.471. The summed E-state index contributed by atoms with van der Waals surface area (Å²) >= 11 is 0. The average molecular weight is 285 g/mol. The molecule has 3 rings (SSSR count). The van der Waals surface area contributed by atoms with Crippen molar-refractivity contribution in [2.45, 2.75) is 45.2 Å². The van der Waals surface area contributed by atoms with Crippen LogP contribution < -0.4 is 10.1 Å². The van der Waals surface area contributed by atoms with Gasteiger partial charge >= 0.3 is 0 Å². The van der Waals surface area contributed by atoms with Gasteiger partial charge < -0.3 is 14.6 Å². The number of anilines is 1. The number of hydrogen-bond donors (Lipinski definition) is 1. The highest BCUT2D eigenvalue weighted by atomic mass is 16.5. The minimum atomic E-state index is 0.579. The Hall–Kier alpha value is -1.97. The predicted molar refractivity (Wildman–Crippen MR) is 84.9 cm³/mol. The molecule has 4 nitrogen and oxygen atoms in total. The summed E-state index contributed by atoms with van der Waals surface area (Å²) in [4.78, 5) is 4.63. The lowest BCUT2D eigenvalue weighted by atomic mass is 10.2. The Morgan fingerprint density at radius 2 is 2.14 bits per heavy atom. The van der Waals surface area contributed by atoms with Crippen molar-refractivity contribution >= 4 is 5.95 Å². The van der Waals surface area contributed by atoms with Crippen molar-refractivity contribution in [3.05, 3.63) is 41.7 Å². The lowest BCUT2D eigenvalue weighted by Crippen LogP contribution is -2.18. The van der Waals surface area contributed by atoms with Crippen molar-refractivity contribution in [3.63, 3.8) is 0 Å². The van der Waals surface area contributed by atoms with Crippen LogP contribution >= 0.6 is 0 Å². The molecule has 1 aliphatic carbocycles.